The number of carboxylic acids is 2. The predicted molar refractivity (Wildman–Crippen MR) is 71.2 cm³/mol. The van der Waals surface area contributed by atoms with E-state index in [9.17, 15) is 19.8 Å². The van der Waals surface area contributed by atoms with Crippen LogP contribution in [-0.4, -0.2) is 53.4 Å². The molecule has 1 aliphatic heterocycles. The van der Waals surface area contributed by atoms with Crippen molar-refractivity contribution in [2.45, 2.75) is 25.7 Å². The van der Waals surface area contributed by atoms with Crippen molar-refractivity contribution in [2.24, 2.45) is 0 Å². The summed E-state index contributed by atoms with van der Waals surface area (Å²) in [7, 11) is 0. The van der Waals surface area contributed by atoms with E-state index in [0.29, 0.717) is 44.8 Å². The van der Waals surface area contributed by atoms with Gasteiger partial charge >= 0.3 is 11.9 Å². The topological polar surface area (TPSA) is 87.1 Å². The lowest BCUT2D eigenvalue weighted by Crippen LogP contribution is -2.37. The third kappa shape index (κ3) is 3.19. The summed E-state index contributed by atoms with van der Waals surface area (Å²) < 4.78 is 5.27. The summed E-state index contributed by atoms with van der Waals surface area (Å²) in [5.74, 6) is -2.34. The number of rotatable bonds is 3. The Bertz CT molecular complexity index is 460. The second-order valence-electron chi connectivity index (χ2n) is 4.90. The van der Waals surface area contributed by atoms with Crippen LogP contribution in [0.3, 0.4) is 0 Å². The Kier molecular flexibility index (Phi) is 4.79. The number of aliphatic carboxylic acids is 2. The van der Waals surface area contributed by atoms with E-state index in [1.165, 1.54) is 6.08 Å². The molecule has 6 nitrogen and oxygen atoms in total. The molecule has 0 spiro atoms. The van der Waals surface area contributed by atoms with Crippen LogP contribution in [0.2, 0.25) is 0 Å². The van der Waals surface area contributed by atoms with E-state index in [1.807, 2.05) is 4.90 Å². The van der Waals surface area contributed by atoms with Crippen molar-refractivity contribution in [2.75, 3.05) is 26.3 Å². The lowest BCUT2D eigenvalue weighted by Gasteiger charge is -2.33. The van der Waals surface area contributed by atoms with Crippen molar-refractivity contribution < 1.29 is 24.5 Å². The minimum atomic E-state index is -1.17. The summed E-state index contributed by atoms with van der Waals surface area (Å²) in [6.07, 6.45) is 4.48. The molecule has 0 aromatic rings. The van der Waals surface area contributed by atoms with Crippen molar-refractivity contribution >= 4 is 11.9 Å². The highest BCUT2D eigenvalue weighted by Gasteiger charge is 2.28. The van der Waals surface area contributed by atoms with E-state index >= 15 is 0 Å². The molecule has 0 aromatic carbocycles. The maximum absolute atomic E-state index is 11.6. The average Bonchev–Trinajstić information content (AvgIpc) is 2.38. The van der Waals surface area contributed by atoms with Crippen LogP contribution in [0.1, 0.15) is 25.7 Å². The summed E-state index contributed by atoms with van der Waals surface area (Å²) in [4.78, 5) is 24.9. The number of nitrogens with zero attached hydrogens (tertiary/aromatic N) is 1. The van der Waals surface area contributed by atoms with Gasteiger partial charge < -0.3 is 19.8 Å². The highest BCUT2D eigenvalue weighted by atomic mass is 16.5. The van der Waals surface area contributed by atoms with Crippen LogP contribution in [0.4, 0.5) is 0 Å². The molecule has 2 N–H and O–H groups in total. The fraction of sp³-hybridized carbons (Fsp3) is 0.571. The second-order valence-corrected chi connectivity index (χ2v) is 4.90. The van der Waals surface area contributed by atoms with Crippen molar-refractivity contribution in [1.82, 2.24) is 4.90 Å². The average molecular weight is 281 g/mol. The first-order valence-corrected chi connectivity index (χ1v) is 6.84. The smallest absolute Gasteiger partial charge is 0.338 e. The van der Waals surface area contributed by atoms with Gasteiger partial charge in [-0.05, 0) is 25.7 Å². The number of carbonyl (C=O) groups is 2. The number of hydrogen-bond acceptors (Lipinski definition) is 4. The van der Waals surface area contributed by atoms with E-state index in [2.05, 4.69) is 0 Å². The molecule has 2 aliphatic rings. The fourth-order valence-corrected chi connectivity index (χ4v) is 2.65. The van der Waals surface area contributed by atoms with Gasteiger partial charge in [0.15, 0.2) is 0 Å². The summed E-state index contributed by atoms with van der Waals surface area (Å²) in [6, 6.07) is 0. The molecule has 0 amide bonds. The predicted octanol–water partition coefficient (Wildman–Crippen LogP) is 1.24. The zero-order valence-electron chi connectivity index (χ0n) is 11.3. The van der Waals surface area contributed by atoms with Crippen molar-refractivity contribution in [3.63, 3.8) is 0 Å². The van der Waals surface area contributed by atoms with Gasteiger partial charge in [-0.2, -0.15) is 0 Å². The first-order valence-electron chi connectivity index (χ1n) is 6.84. The molecule has 1 saturated heterocycles. The normalized spacial score (nSPS) is 27.2. The molecular formula is C14H19NO5. The lowest BCUT2D eigenvalue weighted by atomic mass is 9.95. The van der Waals surface area contributed by atoms with Crippen LogP contribution in [0.15, 0.2) is 22.9 Å². The Morgan fingerprint density at radius 3 is 2.40 bits per heavy atom. The van der Waals surface area contributed by atoms with Gasteiger partial charge in [0.1, 0.15) is 0 Å². The second kappa shape index (κ2) is 6.56. The highest BCUT2D eigenvalue weighted by Crippen LogP contribution is 2.27. The standard InChI is InChI=1S/C14H19NO5/c16-13(17)10-4-2-1-3-5-11(12(10)14(18)19)15-6-8-20-9-7-15/h4H,1-3,5-9H2,(H,16,17)(H,18,19)/b10-4+,12-11-. The van der Waals surface area contributed by atoms with Crippen LogP contribution in [0.25, 0.3) is 0 Å². The maximum atomic E-state index is 11.6. The Morgan fingerprint density at radius 2 is 1.80 bits per heavy atom. The molecule has 2 rings (SSSR count). The molecule has 0 bridgehead atoms. The molecular weight excluding hydrogens is 262 g/mol. The molecule has 110 valence electrons. The first-order chi connectivity index (χ1) is 9.61. The quantitative estimate of drug-likeness (QED) is 0.809. The van der Waals surface area contributed by atoms with E-state index in [1.54, 1.807) is 0 Å². The summed E-state index contributed by atoms with van der Waals surface area (Å²) in [5.41, 5.74) is 0.493. The van der Waals surface area contributed by atoms with Gasteiger partial charge in [-0.25, -0.2) is 9.59 Å². The van der Waals surface area contributed by atoms with E-state index in [4.69, 9.17) is 4.74 Å². The number of morpholine rings is 1. The van der Waals surface area contributed by atoms with Gasteiger partial charge in [0.05, 0.1) is 24.4 Å². The zero-order valence-corrected chi connectivity index (χ0v) is 11.3. The summed E-state index contributed by atoms with van der Waals surface area (Å²) >= 11 is 0. The highest BCUT2D eigenvalue weighted by molar-refractivity contribution is 6.06. The van der Waals surface area contributed by atoms with Gasteiger partial charge in [0.25, 0.3) is 0 Å². The Balaban J connectivity index is 2.46. The van der Waals surface area contributed by atoms with Gasteiger partial charge in [0.2, 0.25) is 0 Å². The molecule has 1 fully saturated rings. The molecule has 0 radical (unpaired) electrons. The molecule has 0 unspecified atom stereocenters. The molecule has 1 heterocycles. The lowest BCUT2D eigenvalue weighted by molar-refractivity contribution is -0.136. The summed E-state index contributed by atoms with van der Waals surface area (Å²) in [5, 5.41) is 18.7. The summed E-state index contributed by atoms with van der Waals surface area (Å²) in [6.45, 7) is 2.31. The number of carboxylic acid groups (broad SMARTS) is 2. The largest absolute Gasteiger partial charge is 0.478 e. The van der Waals surface area contributed by atoms with Crippen LogP contribution in [0, 0.1) is 0 Å². The molecule has 20 heavy (non-hydrogen) atoms. The molecule has 0 atom stereocenters. The van der Waals surface area contributed by atoms with Gasteiger partial charge in [-0.3, -0.25) is 0 Å². The fourth-order valence-electron chi connectivity index (χ4n) is 2.65. The van der Waals surface area contributed by atoms with Crippen molar-refractivity contribution in [1.29, 1.82) is 0 Å². The third-order valence-electron chi connectivity index (χ3n) is 3.61. The van der Waals surface area contributed by atoms with Gasteiger partial charge in [-0.1, -0.05) is 6.08 Å². The Morgan fingerprint density at radius 1 is 1.10 bits per heavy atom. The van der Waals surface area contributed by atoms with Crippen LogP contribution < -0.4 is 0 Å². The zero-order chi connectivity index (χ0) is 14.5. The van der Waals surface area contributed by atoms with E-state index in [0.717, 1.165) is 12.8 Å². The maximum Gasteiger partial charge on any atom is 0.338 e. The monoisotopic (exact) mass is 281 g/mol. The SMILES string of the molecule is O=C(O)C1=C(\N2CCOCC2)CCCC/C=C\1C(=O)O. The van der Waals surface area contributed by atoms with Gasteiger partial charge in [-0.15, -0.1) is 0 Å². The van der Waals surface area contributed by atoms with Crippen molar-refractivity contribution in [3.8, 4) is 0 Å². The van der Waals surface area contributed by atoms with E-state index < -0.39 is 11.9 Å². The third-order valence-corrected chi connectivity index (χ3v) is 3.61. The molecule has 6 heteroatoms. The van der Waals surface area contributed by atoms with Crippen LogP contribution in [0.5, 0.6) is 0 Å². The Hall–Kier alpha value is -1.82. The van der Waals surface area contributed by atoms with Crippen LogP contribution >= 0.6 is 0 Å². The number of hydrogen-bond donors (Lipinski definition) is 2. The Labute approximate surface area is 117 Å². The molecule has 0 aromatic heterocycles. The number of ether oxygens (including phenoxy) is 1. The first kappa shape index (κ1) is 14.6. The minimum absolute atomic E-state index is 0.0564. The molecule has 1 aliphatic carbocycles. The van der Waals surface area contributed by atoms with Crippen LogP contribution in [-0.2, 0) is 14.3 Å². The van der Waals surface area contributed by atoms with Gasteiger partial charge in [0, 0.05) is 18.8 Å². The minimum Gasteiger partial charge on any atom is -0.478 e. The number of allylic oxidation sites excluding steroid dienone is 2. The van der Waals surface area contributed by atoms with Crippen molar-refractivity contribution in [3.05, 3.63) is 22.9 Å². The van der Waals surface area contributed by atoms with E-state index in [-0.39, 0.29) is 11.1 Å². The molecule has 0 saturated carbocycles.